The van der Waals surface area contributed by atoms with E-state index >= 15 is 0 Å². The molecule has 1 heterocycles. The zero-order valence-corrected chi connectivity index (χ0v) is 8.08. The van der Waals surface area contributed by atoms with Crippen molar-refractivity contribution in [1.82, 2.24) is 10.1 Å². The average molecular weight is 224 g/mol. The van der Waals surface area contributed by atoms with Crippen LogP contribution >= 0.6 is 0 Å². The molecule has 1 unspecified atom stereocenters. The molecule has 0 aliphatic carbocycles. The maximum absolute atomic E-state index is 11.9. The standard InChI is InChI=1S/C8H11F3N2O2/c1-5(14)2-3-7-12-6(13-15-7)4-8(9,10)11/h5,14H,2-4H2,1H3. The number of hydrogen-bond acceptors (Lipinski definition) is 4. The first-order chi connectivity index (χ1) is 6.87. The van der Waals surface area contributed by atoms with Gasteiger partial charge in [0.15, 0.2) is 5.82 Å². The summed E-state index contributed by atoms with van der Waals surface area (Å²) in [7, 11) is 0. The van der Waals surface area contributed by atoms with Gasteiger partial charge >= 0.3 is 6.18 Å². The zero-order valence-electron chi connectivity index (χ0n) is 8.08. The van der Waals surface area contributed by atoms with Crippen LogP contribution in [0.15, 0.2) is 4.52 Å². The van der Waals surface area contributed by atoms with E-state index < -0.39 is 18.7 Å². The molecule has 0 aromatic carbocycles. The van der Waals surface area contributed by atoms with E-state index in [1.165, 1.54) is 0 Å². The fraction of sp³-hybridized carbons (Fsp3) is 0.750. The summed E-state index contributed by atoms with van der Waals surface area (Å²) in [6.07, 6.45) is -5.39. The summed E-state index contributed by atoms with van der Waals surface area (Å²) in [6.45, 7) is 1.58. The van der Waals surface area contributed by atoms with E-state index in [1.807, 2.05) is 0 Å². The molecule has 1 N–H and O–H groups in total. The van der Waals surface area contributed by atoms with Gasteiger partial charge in [-0.1, -0.05) is 5.16 Å². The molecule has 0 spiro atoms. The molecule has 0 aliphatic rings. The van der Waals surface area contributed by atoms with E-state index in [4.69, 9.17) is 5.11 Å². The minimum atomic E-state index is -4.33. The first kappa shape index (κ1) is 12.0. The molecule has 0 fully saturated rings. The number of aliphatic hydroxyl groups excluding tert-OH is 1. The van der Waals surface area contributed by atoms with Gasteiger partial charge in [0.05, 0.1) is 6.10 Å². The second kappa shape index (κ2) is 4.61. The van der Waals surface area contributed by atoms with Crippen LogP contribution in [0.25, 0.3) is 0 Å². The average Bonchev–Trinajstić information content (AvgIpc) is 2.45. The molecule has 1 aromatic rings. The number of alkyl halides is 3. The van der Waals surface area contributed by atoms with Gasteiger partial charge in [-0.25, -0.2) is 0 Å². The van der Waals surface area contributed by atoms with Crippen molar-refractivity contribution in [3.8, 4) is 0 Å². The summed E-state index contributed by atoms with van der Waals surface area (Å²) < 4.78 is 40.3. The Labute approximate surface area is 84.1 Å². The number of hydrogen-bond donors (Lipinski definition) is 1. The highest BCUT2D eigenvalue weighted by Crippen LogP contribution is 2.19. The maximum Gasteiger partial charge on any atom is 0.396 e. The third kappa shape index (κ3) is 4.78. The fourth-order valence-electron chi connectivity index (χ4n) is 0.975. The monoisotopic (exact) mass is 224 g/mol. The Morgan fingerprint density at radius 2 is 2.13 bits per heavy atom. The molecule has 7 heteroatoms. The molecule has 0 aliphatic heterocycles. The lowest BCUT2D eigenvalue weighted by Crippen LogP contribution is -2.12. The first-order valence-electron chi connectivity index (χ1n) is 4.43. The molecule has 0 bridgehead atoms. The fourth-order valence-corrected chi connectivity index (χ4v) is 0.975. The Morgan fingerprint density at radius 3 is 2.67 bits per heavy atom. The van der Waals surface area contributed by atoms with Crippen molar-refractivity contribution < 1.29 is 22.8 Å². The number of rotatable bonds is 4. The van der Waals surface area contributed by atoms with E-state index in [9.17, 15) is 13.2 Å². The van der Waals surface area contributed by atoms with Crippen molar-refractivity contribution in [2.45, 2.75) is 38.5 Å². The summed E-state index contributed by atoms with van der Waals surface area (Å²) in [4.78, 5) is 3.56. The lowest BCUT2D eigenvalue weighted by atomic mass is 10.2. The molecule has 0 saturated carbocycles. The predicted octanol–water partition coefficient (Wildman–Crippen LogP) is 1.49. The molecule has 86 valence electrons. The van der Waals surface area contributed by atoms with Crippen LogP contribution in [0.5, 0.6) is 0 Å². The van der Waals surface area contributed by atoms with Crippen molar-refractivity contribution in [1.29, 1.82) is 0 Å². The van der Waals surface area contributed by atoms with Crippen molar-refractivity contribution in [3.05, 3.63) is 11.7 Å². The van der Waals surface area contributed by atoms with E-state index in [2.05, 4.69) is 14.7 Å². The summed E-state index contributed by atoms with van der Waals surface area (Å²) in [5.41, 5.74) is 0. The highest BCUT2D eigenvalue weighted by Gasteiger charge is 2.30. The minimum Gasteiger partial charge on any atom is -0.393 e. The maximum atomic E-state index is 11.9. The summed E-state index contributed by atoms with van der Waals surface area (Å²) in [6, 6.07) is 0. The van der Waals surface area contributed by atoms with Crippen molar-refractivity contribution >= 4 is 0 Å². The first-order valence-corrected chi connectivity index (χ1v) is 4.43. The Hall–Kier alpha value is -1.11. The molecule has 15 heavy (non-hydrogen) atoms. The molecule has 1 rings (SSSR count). The van der Waals surface area contributed by atoms with E-state index in [0.29, 0.717) is 6.42 Å². The minimum absolute atomic E-state index is 0.121. The molecule has 1 atom stereocenters. The van der Waals surface area contributed by atoms with Crippen LogP contribution in [0.1, 0.15) is 25.1 Å². The molecular weight excluding hydrogens is 213 g/mol. The summed E-state index contributed by atoms with van der Waals surface area (Å²) >= 11 is 0. The molecule has 0 radical (unpaired) electrons. The van der Waals surface area contributed by atoms with Gasteiger partial charge in [-0.05, 0) is 13.3 Å². The van der Waals surface area contributed by atoms with Crippen LogP contribution in [0.3, 0.4) is 0 Å². The Morgan fingerprint density at radius 1 is 1.47 bits per heavy atom. The quantitative estimate of drug-likeness (QED) is 0.841. The number of nitrogens with zero attached hydrogens (tertiary/aromatic N) is 2. The zero-order chi connectivity index (χ0) is 11.5. The van der Waals surface area contributed by atoms with Gasteiger partial charge < -0.3 is 9.63 Å². The number of halogens is 3. The second-order valence-corrected chi connectivity index (χ2v) is 3.28. The normalized spacial score (nSPS) is 14.2. The van der Waals surface area contributed by atoms with E-state index in [-0.39, 0.29) is 18.1 Å². The van der Waals surface area contributed by atoms with Gasteiger partial charge in [0, 0.05) is 6.42 Å². The SMILES string of the molecule is CC(O)CCc1nc(CC(F)(F)F)no1. The molecule has 0 amide bonds. The lowest BCUT2D eigenvalue weighted by molar-refractivity contribution is -0.128. The Balaban J connectivity index is 2.49. The summed E-state index contributed by atoms with van der Waals surface area (Å²) in [5, 5.41) is 12.1. The Bertz CT molecular complexity index is 309. The largest absolute Gasteiger partial charge is 0.396 e. The number of aromatic nitrogens is 2. The topological polar surface area (TPSA) is 59.2 Å². The highest BCUT2D eigenvalue weighted by molar-refractivity contribution is 4.89. The second-order valence-electron chi connectivity index (χ2n) is 3.28. The van der Waals surface area contributed by atoms with Crippen LogP contribution in [0.4, 0.5) is 13.2 Å². The van der Waals surface area contributed by atoms with E-state index in [0.717, 1.165) is 0 Å². The van der Waals surface area contributed by atoms with Gasteiger partial charge in [-0.3, -0.25) is 0 Å². The lowest BCUT2D eigenvalue weighted by Gasteiger charge is -2.00. The summed E-state index contributed by atoms with van der Waals surface area (Å²) in [5.74, 6) is -0.252. The van der Waals surface area contributed by atoms with Crippen molar-refractivity contribution in [2.75, 3.05) is 0 Å². The predicted molar refractivity (Wildman–Crippen MR) is 44.1 cm³/mol. The smallest absolute Gasteiger partial charge is 0.393 e. The number of aryl methyl sites for hydroxylation is 1. The van der Waals surface area contributed by atoms with Crippen molar-refractivity contribution in [2.24, 2.45) is 0 Å². The van der Waals surface area contributed by atoms with Crippen LogP contribution in [-0.4, -0.2) is 27.5 Å². The third-order valence-electron chi connectivity index (χ3n) is 1.64. The van der Waals surface area contributed by atoms with Crippen LogP contribution in [0.2, 0.25) is 0 Å². The van der Waals surface area contributed by atoms with Gasteiger partial charge in [-0.2, -0.15) is 18.2 Å². The Kier molecular flexibility index (Phi) is 3.67. The van der Waals surface area contributed by atoms with Crippen LogP contribution < -0.4 is 0 Å². The van der Waals surface area contributed by atoms with Gasteiger partial charge in [0.1, 0.15) is 6.42 Å². The molecule has 1 aromatic heterocycles. The third-order valence-corrected chi connectivity index (χ3v) is 1.64. The van der Waals surface area contributed by atoms with Crippen molar-refractivity contribution in [3.63, 3.8) is 0 Å². The molecule has 0 saturated heterocycles. The highest BCUT2D eigenvalue weighted by atomic mass is 19.4. The van der Waals surface area contributed by atoms with Gasteiger partial charge in [-0.15, -0.1) is 0 Å². The van der Waals surface area contributed by atoms with Gasteiger partial charge in [0.2, 0.25) is 5.89 Å². The number of aliphatic hydroxyl groups is 1. The molecular formula is C8H11F3N2O2. The van der Waals surface area contributed by atoms with Crippen LogP contribution in [-0.2, 0) is 12.8 Å². The van der Waals surface area contributed by atoms with Gasteiger partial charge in [0.25, 0.3) is 0 Å². The van der Waals surface area contributed by atoms with E-state index in [1.54, 1.807) is 6.92 Å². The van der Waals surface area contributed by atoms with Crippen LogP contribution in [0, 0.1) is 0 Å². The molecule has 4 nitrogen and oxygen atoms in total.